The maximum absolute atomic E-state index is 12.5. The largest absolute Gasteiger partial charge is 0.497 e. The van der Waals surface area contributed by atoms with Gasteiger partial charge in [0, 0.05) is 21.1 Å². The molecule has 0 spiro atoms. The van der Waals surface area contributed by atoms with Crippen molar-refractivity contribution in [1.82, 2.24) is 0 Å². The molecule has 0 saturated carbocycles. The molecule has 0 saturated heterocycles. The number of aliphatic hydroxyl groups is 1. The van der Waals surface area contributed by atoms with Crippen molar-refractivity contribution in [2.75, 3.05) is 12.4 Å². The molecule has 28 heavy (non-hydrogen) atoms. The number of thioether (sulfide) groups is 1. The number of amides is 1. The maximum Gasteiger partial charge on any atom is 0.254 e. The van der Waals surface area contributed by atoms with Crippen LogP contribution in [0.1, 0.15) is 26.1 Å². The van der Waals surface area contributed by atoms with Gasteiger partial charge in [-0.15, -0.1) is 23.1 Å². The summed E-state index contributed by atoms with van der Waals surface area (Å²) in [5, 5.41) is 13.1. The number of hydrogen-bond acceptors (Lipinski definition) is 5. The molecule has 4 nitrogen and oxygen atoms in total. The number of carbonyl (C=O) groups is 1. The molecule has 6 heteroatoms. The van der Waals surface area contributed by atoms with Crippen LogP contribution in [0.4, 0.5) is 5.69 Å². The van der Waals surface area contributed by atoms with Crippen LogP contribution in [-0.4, -0.2) is 24.2 Å². The first kappa shape index (κ1) is 19.1. The Balaban J connectivity index is 1.65. The molecular formula is C22H21NO3S2. The number of nitrogens with one attached hydrogen (secondary N) is 1. The molecule has 4 rings (SSSR count). The highest BCUT2D eigenvalue weighted by Crippen LogP contribution is 2.44. The minimum atomic E-state index is -1.13. The lowest BCUT2D eigenvalue weighted by Crippen LogP contribution is -2.30. The molecule has 0 radical (unpaired) electrons. The third-order valence-electron chi connectivity index (χ3n) is 4.73. The molecule has 2 heterocycles. The second-order valence-corrected chi connectivity index (χ2v) is 9.32. The van der Waals surface area contributed by atoms with Gasteiger partial charge in [-0.2, -0.15) is 0 Å². The maximum atomic E-state index is 12.5. The quantitative estimate of drug-likeness (QED) is 0.647. The Morgan fingerprint density at radius 2 is 1.89 bits per heavy atom. The number of rotatable bonds is 4. The molecule has 1 aliphatic rings. The van der Waals surface area contributed by atoms with Gasteiger partial charge in [-0.3, -0.25) is 4.79 Å². The topological polar surface area (TPSA) is 58.6 Å². The van der Waals surface area contributed by atoms with E-state index in [9.17, 15) is 9.90 Å². The van der Waals surface area contributed by atoms with Gasteiger partial charge in [0.1, 0.15) is 11.9 Å². The molecule has 1 amide bonds. The van der Waals surface area contributed by atoms with Gasteiger partial charge in [0.2, 0.25) is 0 Å². The smallest absolute Gasteiger partial charge is 0.254 e. The van der Waals surface area contributed by atoms with Crippen molar-refractivity contribution in [2.24, 2.45) is 0 Å². The highest BCUT2D eigenvalue weighted by atomic mass is 32.2. The second-order valence-electron chi connectivity index (χ2n) is 6.77. The first-order valence-corrected chi connectivity index (χ1v) is 10.7. The normalized spacial score (nSPS) is 18.9. The van der Waals surface area contributed by atoms with E-state index < -0.39 is 6.10 Å². The fourth-order valence-electron chi connectivity index (χ4n) is 3.25. The van der Waals surface area contributed by atoms with Crippen molar-refractivity contribution >= 4 is 34.7 Å². The molecule has 0 fully saturated rings. The number of anilines is 1. The van der Waals surface area contributed by atoms with Crippen LogP contribution in [-0.2, 0) is 11.2 Å². The number of ether oxygens (including phenoxy) is 1. The monoisotopic (exact) mass is 411 g/mol. The minimum absolute atomic E-state index is 0.381. The zero-order chi connectivity index (χ0) is 19.7. The number of hydrogen-bond donors (Lipinski definition) is 2. The van der Waals surface area contributed by atoms with E-state index in [0.717, 1.165) is 28.3 Å². The van der Waals surface area contributed by atoms with Crippen LogP contribution < -0.4 is 10.1 Å². The molecule has 144 valence electrons. The van der Waals surface area contributed by atoms with Crippen molar-refractivity contribution in [3.63, 3.8) is 0 Å². The average molecular weight is 412 g/mol. The van der Waals surface area contributed by atoms with Crippen molar-refractivity contribution in [3.8, 4) is 5.75 Å². The summed E-state index contributed by atoms with van der Waals surface area (Å²) in [7, 11) is 1.62. The van der Waals surface area contributed by atoms with Gasteiger partial charge in [0.05, 0.1) is 18.0 Å². The number of thiophene rings is 1. The van der Waals surface area contributed by atoms with Crippen molar-refractivity contribution < 1.29 is 14.6 Å². The van der Waals surface area contributed by atoms with E-state index in [0.29, 0.717) is 0 Å². The highest BCUT2D eigenvalue weighted by Gasteiger charge is 2.32. The molecule has 2 aromatic carbocycles. The number of methoxy groups -OCH3 is 1. The summed E-state index contributed by atoms with van der Waals surface area (Å²) in [4.78, 5) is 16.0. The van der Waals surface area contributed by atoms with Gasteiger partial charge in [0.15, 0.2) is 0 Å². The van der Waals surface area contributed by atoms with Gasteiger partial charge in [-0.1, -0.05) is 18.2 Å². The molecule has 0 bridgehead atoms. The molecule has 0 aliphatic carbocycles. The Morgan fingerprint density at radius 1 is 1.11 bits per heavy atom. The molecule has 0 unspecified atom stereocenters. The van der Waals surface area contributed by atoms with Gasteiger partial charge in [-0.25, -0.2) is 0 Å². The summed E-state index contributed by atoms with van der Waals surface area (Å²) in [6.07, 6.45) is -0.273. The van der Waals surface area contributed by atoms with Crippen LogP contribution in [0.5, 0.6) is 5.75 Å². The van der Waals surface area contributed by atoms with Gasteiger partial charge >= 0.3 is 0 Å². The van der Waals surface area contributed by atoms with Gasteiger partial charge < -0.3 is 15.2 Å². The highest BCUT2D eigenvalue weighted by molar-refractivity contribution is 7.99. The lowest BCUT2D eigenvalue weighted by molar-refractivity contribution is -0.124. The Hall–Kier alpha value is -2.28. The summed E-state index contributed by atoms with van der Waals surface area (Å²) < 4.78 is 5.21. The number of aliphatic hydroxyl groups excluding tert-OH is 1. The van der Waals surface area contributed by atoms with E-state index in [4.69, 9.17) is 4.74 Å². The fraction of sp³-hybridized carbons (Fsp3) is 0.227. The van der Waals surface area contributed by atoms with Crippen LogP contribution >= 0.6 is 23.1 Å². The van der Waals surface area contributed by atoms with E-state index in [-0.39, 0.29) is 11.2 Å². The van der Waals surface area contributed by atoms with Crippen LogP contribution in [0.2, 0.25) is 0 Å². The Labute approximate surface area is 172 Å². The lowest BCUT2D eigenvalue weighted by atomic mass is 10.1. The third-order valence-corrected chi connectivity index (χ3v) is 7.11. The summed E-state index contributed by atoms with van der Waals surface area (Å²) in [5.41, 5.74) is 2.82. The van der Waals surface area contributed by atoms with Crippen molar-refractivity contribution in [2.45, 2.75) is 29.6 Å². The van der Waals surface area contributed by atoms with Crippen LogP contribution in [0.3, 0.4) is 0 Å². The fourth-order valence-corrected chi connectivity index (χ4v) is 5.46. The predicted octanol–water partition coefficient (Wildman–Crippen LogP) is 4.80. The van der Waals surface area contributed by atoms with Crippen LogP contribution in [0, 0.1) is 6.92 Å². The number of fused-ring (bicyclic) bond motifs is 1. The third kappa shape index (κ3) is 3.94. The summed E-state index contributed by atoms with van der Waals surface area (Å²) in [6.45, 7) is 2.11. The standard InChI is InChI=1S/C22H21NO3S2/c1-13-3-9-17(27-13)11-14-4-10-18-19(12-14)28-21(20(24)22(25)23-18)15-5-7-16(26-2)8-6-15/h3-10,12,20-21,24H,11H2,1-2H3,(H,23,25)/t20-,21+/m1/s1. The Morgan fingerprint density at radius 3 is 2.57 bits per heavy atom. The Bertz CT molecular complexity index is 997. The number of aryl methyl sites for hydroxylation is 1. The van der Waals surface area contributed by atoms with Crippen molar-refractivity contribution in [1.29, 1.82) is 0 Å². The van der Waals surface area contributed by atoms with Gasteiger partial charge in [-0.05, 0) is 54.4 Å². The molecule has 2 N–H and O–H groups in total. The average Bonchev–Trinajstić information content (AvgIpc) is 3.06. The molecule has 1 aromatic heterocycles. The molecule has 3 aromatic rings. The summed E-state index contributed by atoms with van der Waals surface area (Å²) in [5.74, 6) is 0.365. The van der Waals surface area contributed by atoms with Crippen LogP contribution in [0.15, 0.2) is 59.5 Å². The van der Waals surface area contributed by atoms with Gasteiger partial charge in [0.25, 0.3) is 5.91 Å². The predicted molar refractivity (Wildman–Crippen MR) is 115 cm³/mol. The van der Waals surface area contributed by atoms with E-state index in [1.54, 1.807) is 18.4 Å². The molecular weight excluding hydrogens is 390 g/mol. The number of carbonyl (C=O) groups excluding carboxylic acids is 1. The zero-order valence-electron chi connectivity index (χ0n) is 15.6. The first-order valence-electron chi connectivity index (χ1n) is 9.01. The van der Waals surface area contributed by atoms with E-state index >= 15 is 0 Å². The SMILES string of the molecule is COc1ccc([C@@H]2Sc3cc(Cc4ccc(C)s4)ccc3NC(=O)[C@@H]2O)cc1. The second kappa shape index (κ2) is 7.99. The summed E-state index contributed by atoms with van der Waals surface area (Å²) in [6, 6.07) is 17.9. The van der Waals surface area contributed by atoms with E-state index in [1.807, 2.05) is 36.4 Å². The molecule has 2 atom stereocenters. The first-order chi connectivity index (χ1) is 13.5. The lowest BCUT2D eigenvalue weighted by Gasteiger charge is -2.19. The van der Waals surface area contributed by atoms with E-state index in [1.165, 1.54) is 27.1 Å². The van der Waals surface area contributed by atoms with Crippen molar-refractivity contribution in [3.05, 3.63) is 75.5 Å². The molecule has 1 aliphatic heterocycles. The number of benzene rings is 2. The van der Waals surface area contributed by atoms with E-state index in [2.05, 4.69) is 30.4 Å². The summed E-state index contributed by atoms with van der Waals surface area (Å²) >= 11 is 3.31. The Kier molecular flexibility index (Phi) is 5.44. The zero-order valence-corrected chi connectivity index (χ0v) is 17.3. The minimum Gasteiger partial charge on any atom is -0.497 e. The van der Waals surface area contributed by atoms with Crippen LogP contribution in [0.25, 0.3) is 0 Å².